The van der Waals surface area contributed by atoms with Gasteiger partial charge in [0.25, 0.3) is 0 Å². The van der Waals surface area contributed by atoms with Gasteiger partial charge < -0.3 is 15.4 Å². The first-order chi connectivity index (χ1) is 12.6. The molecule has 3 aromatic rings. The molecule has 2 amide bonds. The van der Waals surface area contributed by atoms with E-state index >= 15 is 0 Å². The standard InChI is InChI=1S/C19H17ClN4O2/c1-12-15(20)4-3-5-16(12)22-19(25)21-14-8-6-13(7-9-14)17-10-11-18(26-2)24-23-17/h3-11H,1-2H3,(H2,21,22,25). The Bertz CT molecular complexity index is 912. The third kappa shape index (κ3) is 4.10. The number of amides is 2. The maximum absolute atomic E-state index is 12.2. The lowest BCUT2D eigenvalue weighted by molar-refractivity contribution is 0.262. The maximum atomic E-state index is 12.2. The number of carbonyl (C=O) groups excluding carboxylic acids is 1. The van der Waals surface area contributed by atoms with Crippen molar-refractivity contribution < 1.29 is 9.53 Å². The largest absolute Gasteiger partial charge is 0.480 e. The summed E-state index contributed by atoms with van der Waals surface area (Å²) in [5.74, 6) is 0.458. The number of ether oxygens (including phenoxy) is 1. The van der Waals surface area contributed by atoms with Gasteiger partial charge in [-0.15, -0.1) is 10.2 Å². The molecule has 0 unspecified atom stereocenters. The van der Waals surface area contributed by atoms with Gasteiger partial charge in [-0.1, -0.05) is 29.8 Å². The zero-order valence-electron chi connectivity index (χ0n) is 14.3. The number of methoxy groups -OCH3 is 1. The molecule has 6 nitrogen and oxygen atoms in total. The summed E-state index contributed by atoms with van der Waals surface area (Å²) < 4.78 is 5.00. The number of hydrogen-bond acceptors (Lipinski definition) is 4. The number of nitrogens with zero attached hydrogens (tertiary/aromatic N) is 2. The summed E-state index contributed by atoms with van der Waals surface area (Å²) in [6, 6.07) is 15.9. The first kappa shape index (κ1) is 17.7. The van der Waals surface area contributed by atoms with Crippen LogP contribution in [0.2, 0.25) is 5.02 Å². The minimum Gasteiger partial charge on any atom is -0.480 e. The Morgan fingerprint density at radius 1 is 1.00 bits per heavy atom. The molecule has 0 spiro atoms. The summed E-state index contributed by atoms with van der Waals surface area (Å²) in [7, 11) is 1.54. The second-order valence-electron chi connectivity index (χ2n) is 5.53. The van der Waals surface area contributed by atoms with E-state index in [1.807, 2.05) is 25.1 Å². The monoisotopic (exact) mass is 368 g/mol. The van der Waals surface area contributed by atoms with Gasteiger partial charge in [0, 0.05) is 28.0 Å². The molecule has 0 aliphatic heterocycles. The molecule has 0 aliphatic rings. The summed E-state index contributed by atoms with van der Waals surface area (Å²) in [6.07, 6.45) is 0. The summed E-state index contributed by atoms with van der Waals surface area (Å²) in [5.41, 5.74) is 3.75. The SMILES string of the molecule is COc1ccc(-c2ccc(NC(=O)Nc3cccc(Cl)c3C)cc2)nn1. The lowest BCUT2D eigenvalue weighted by atomic mass is 10.1. The van der Waals surface area contributed by atoms with Crippen LogP contribution >= 0.6 is 11.6 Å². The minimum atomic E-state index is -0.340. The fraction of sp³-hybridized carbons (Fsp3) is 0.105. The van der Waals surface area contributed by atoms with Gasteiger partial charge in [0.05, 0.1) is 12.8 Å². The van der Waals surface area contributed by atoms with E-state index in [1.54, 1.807) is 43.5 Å². The fourth-order valence-electron chi connectivity index (χ4n) is 2.33. The summed E-state index contributed by atoms with van der Waals surface area (Å²) in [5, 5.41) is 14.2. The van der Waals surface area contributed by atoms with Crippen molar-refractivity contribution in [2.24, 2.45) is 0 Å². The second kappa shape index (κ2) is 7.84. The number of carbonyl (C=O) groups is 1. The van der Waals surface area contributed by atoms with Crippen LogP contribution in [-0.2, 0) is 0 Å². The van der Waals surface area contributed by atoms with Crippen LogP contribution in [0.4, 0.5) is 16.2 Å². The van der Waals surface area contributed by atoms with Crippen molar-refractivity contribution in [1.29, 1.82) is 0 Å². The summed E-state index contributed by atoms with van der Waals surface area (Å²) in [4.78, 5) is 12.2. The highest BCUT2D eigenvalue weighted by molar-refractivity contribution is 6.31. The molecule has 0 aliphatic carbocycles. The van der Waals surface area contributed by atoms with Crippen LogP contribution < -0.4 is 15.4 Å². The molecular weight excluding hydrogens is 352 g/mol. The van der Waals surface area contributed by atoms with Crippen LogP contribution in [0.15, 0.2) is 54.6 Å². The molecule has 7 heteroatoms. The molecule has 1 aromatic heterocycles. The van der Waals surface area contributed by atoms with E-state index in [9.17, 15) is 4.79 Å². The van der Waals surface area contributed by atoms with Crippen LogP contribution in [0.5, 0.6) is 5.88 Å². The van der Waals surface area contributed by atoms with Gasteiger partial charge in [-0.3, -0.25) is 0 Å². The van der Waals surface area contributed by atoms with Crippen molar-refractivity contribution in [2.75, 3.05) is 17.7 Å². The number of urea groups is 1. The molecule has 2 N–H and O–H groups in total. The molecule has 0 atom stereocenters. The highest BCUT2D eigenvalue weighted by Crippen LogP contribution is 2.24. The second-order valence-corrected chi connectivity index (χ2v) is 5.94. The lowest BCUT2D eigenvalue weighted by Crippen LogP contribution is -2.19. The molecule has 0 saturated carbocycles. The van der Waals surface area contributed by atoms with E-state index in [2.05, 4.69) is 20.8 Å². The van der Waals surface area contributed by atoms with E-state index in [1.165, 1.54) is 0 Å². The number of aromatic nitrogens is 2. The fourth-order valence-corrected chi connectivity index (χ4v) is 2.51. The average molecular weight is 369 g/mol. The van der Waals surface area contributed by atoms with Crippen molar-refractivity contribution in [1.82, 2.24) is 10.2 Å². The molecule has 2 aromatic carbocycles. The van der Waals surface area contributed by atoms with Crippen molar-refractivity contribution in [3.8, 4) is 17.1 Å². The van der Waals surface area contributed by atoms with E-state index in [0.717, 1.165) is 16.8 Å². The molecule has 1 heterocycles. The third-order valence-electron chi connectivity index (χ3n) is 3.80. The number of anilines is 2. The van der Waals surface area contributed by atoms with Crippen LogP contribution in [-0.4, -0.2) is 23.3 Å². The first-order valence-electron chi connectivity index (χ1n) is 7.88. The zero-order chi connectivity index (χ0) is 18.5. The Hall–Kier alpha value is -3.12. The normalized spacial score (nSPS) is 10.3. The van der Waals surface area contributed by atoms with Crippen LogP contribution in [0.3, 0.4) is 0 Å². The van der Waals surface area contributed by atoms with Gasteiger partial charge in [-0.05, 0) is 42.8 Å². The molecule has 0 saturated heterocycles. The number of halogens is 1. The quantitative estimate of drug-likeness (QED) is 0.696. The van der Waals surface area contributed by atoms with Crippen molar-refractivity contribution in [2.45, 2.75) is 6.92 Å². The molecule has 132 valence electrons. The smallest absolute Gasteiger partial charge is 0.323 e. The van der Waals surface area contributed by atoms with Crippen molar-refractivity contribution >= 4 is 29.0 Å². The van der Waals surface area contributed by atoms with Gasteiger partial charge in [-0.2, -0.15) is 0 Å². The van der Waals surface area contributed by atoms with Crippen LogP contribution in [0.1, 0.15) is 5.56 Å². The highest BCUT2D eigenvalue weighted by atomic mass is 35.5. The first-order valence-corrected chi connectivity index (χ1v) is 8.26. The predicted octanol–water partition coefficient (Wildman–Crippen LogP) is 4.76. The maximum Gasteiger partial charge on any atom is 0.323 e. The number of nitrogens with one attached hydrogen (secondary N) is 2. The van der Waals surface area contributed by atoms with Gasteiger partial charge in [0.1, 0.15) is 0 Å². The third-order valence-corrected chi connectivity index (χ3v) is 4.21. The van der Waals surface area contributed by atoms with E-state index in [4.69, 9.17) is 16.3 Å². The Morgan fingerprint density at radius 2 is 1.77 bits per heavy atom. The van der Waals surface area contributed by atoms with E-state index in [0.29, 0.717) is 22.3 Å². The Labute approximate surface area is 156 Å². The Balaban J connectivity index is 1.66. The molecule has 0 radical (unpaired) electrons. The molecule has 26 heavy (non-hydrogen) atoms. The molecular formula is C19H17ClN4O2. The average Bonchev–Trinajstić information content (AvgIpc) is 2.66. The van der Waals surface area contributed by atoms with Gasteiger partial charge in [0.15, 0.2) is 0 Å². The minimum absolute atomic E-state index is 0.340. The molecule has 0 fully saturated rings. The topological polar surface area (TPSA) is 76.1 Å². The summed E-state index contributed by atoms with van der Waals surface area (Å²) >= 11 is 6.06. The van der Waals surface area contributed by atoms with E-state index < -0.39 is 0 Å². The Morgan fingerprint density at radius 3 is 2.42 bits per heavy atom. The number of hydrogen-bond donors (Lipinski definition) is 2. The highest BCUT2D eigenvalue weighted by Gasteiger charge is 2.07. The lowest BCUT2D eigenvalue weighted by Gasteiger charge is -2.11. The van der Waals surface area contributed by atoms with Gasteiger partial charge in [-0.25, -0.2) is 4.79 Å². The number of benzene rings is 2. The Kier molecular flexibility index (Phi) is 5.34. The molecule has 0 bridgehead atoms. The van der Waals surface area contributed by atoms with E-state index in [-0.39, 0.29) is 6.03 Å². The number of rotatable bonds is 4. The van der Waals surface area contributed by atoms with Gasteiger partial charge in [0.2, 0.25) is 5.88 Å². The van der Waals surface area contributed by atoms with Crippen LogP contribution in [0.25, 0.3) is 11.3 Å². The zero-order valence-corrected chi connectivity index (χ0v) is 15.0. The summed E-state index contributed by atoms with van der Waals surface area (Å²) in [6.45, 7) is 1.85. The molecule has 3 rings (SSSR count). The van der Waals surface area contributed by atoms with Crippen molar-refractivity contribution in [3.63, 3.8) is 0 Å². The van der Waals surface area contributed by atoms with Gasteiger partial charge >= 0.3 is 6.03 Å². The van der Waals surface area contributed by atoms with Crippen molar-refractivity contribution in [3.05, 3.63) is 65.2 Å². The van der Waals surface area contributed by atoms with Crippen LogP contribution in [0, 0.1) is 6.92 Å². The predicted molar refractivity (Wildman–Crippen MR) is 103 cm³/mol.